The molecular weight excluding hydrogens is 228 g/mol. The van der Waals surface area contributed by atoms with E-state index in [-0.39, 0.29) is 6.03 Å². The Kier molecular flexibility index (Phi) is 4.23. The Balaban J connectivity index is 1.80. The summed E-state index contributed by atoms with van der Waals surface area (Å²) in [6.07, 6.45) is 6.04. The van der Waals surface area contributed by atoms with Crippen LogP contribution in [0.25, 0.3) is 0 Å². The number of nitrogens with one attached hydrogen (secondary N) is 1. The van der Waals surface area contributed by atoms with Crippen molar-refractivity contribution < 1.29 is 4.79 Å². The summed E-state index contributed by atoms with van der Waals surface area (Å²) in [5.41, 5.74) is 0. The first-order valence-corrected chi connectivity index (χ1v) is 6.71. The van der Waals surface area contributed by atoms with Crippen LogP contribution in [-0.4, -0.2) is 40.1 Å². The van der Waals surface area contributed by atoms with Crippen molar-refractivity contribution in [2.45, 2.75) is 33.2 Å². The Morgan fingerprint density at radius 2 is 2.22 bits per heavy atom. The molecule has 1 aliphatic rings. The van der Waals surface area contributed by atoms with Crippen molar-refractivity contribution in [2.75, 3.05) is 19.6 Å². The Hall–Kier alpha value is -1.52. The van der Waals surface area contributed by atoms with Crippen molar-refractivity contribution in [3.05, 3.63) is 18.2 Å². The molecule has 0 radical (unpaired) electrons. The highest BCUT2D eigenvalue weighted by Gasteiger charge is 2.22. The second-order valence-corrected chi connectivity index (χ2v) is 4.89. The van der Waals surface area contributed by atoms with Gasteiger partial charge in [0.25, 0.3) is 0 Å². The van der Waals surface area contributed by atoms with Gasteiger partial charge in [0.15, 0.2) is 0 Å². The maximum absolute atomic E-state index is 11.7. The van der Waals surface area contributed by atoms with Crippen LogP contribution < -0.4 is 5.32 Å². The van der Waals surface area contributed by atoms with E-state index in [0.29, 0.717) is 12.5 Å². The lowest BCUT2D eigenvalue weighted by Crippen LogP contribution is -2.44. The number of piperidine rings is 1. The SMILES string of the molecule is CCNC(=O)N1CCC(Cn2ccnc2C)CC1. The third kappa shape index (κ3) is 3.03. The first kappa shape index (κ1) is 12.9. The average molecular weight is 250 g/mol. The highest BCUT2D eigenvalue weighted by molar-refractivity contribution is 5.74. The van der Waals surface area contributed by atoms with Gasteiger partial charge in [-0.05, 0) is 32.6 Å². The first-order chi connectivity index (χ1) is 8.70. The third-order valence-electron chi connectivity index (χ3n) is 3.61. The van der Waals surface area contributed by atoms with E-state index in [9.17, 15) is 4.79 Å². The highest BCUT2D eigenvalue weighted by Crippen LogP contribution is 2.19. The van der Waals surface area contributed by atoms with Gasteiger partial charge in [0.05, 0.1) is 0 Å². The summed E-state index contributed by atoms with van der Waals surface area (Å²) in [5, 5.41) is 2.86. The Morgan fingerprint density at radius 1 is 1.50 bits per heavy atom. The van der Waals surface area contributed by atoms with Crippen LogP contribution in [0.4, 0.5) is 4.79 Å². The fourth-order valence-corrected chi connectivity index (χ4v) is 2.46. The van der Waals surface area contributed by atoms with Gasteiger partial charge in [-0.1, -0.05) is 0 Å². The monoisotopic (exact) mass is 250 g/mol. The second-order valence-electron chi connectivity index (χ2n) is 4.89. The molecule has 1 N–H and O–H groups in total. The first-order valence-electron chi connectivity index (χ1n) is 6.71. The number of hydrogen-bond acceptors (Lipinski definition) is 2. The molecule has 1 saturated heterocycles. The zero-order chi connectivity index (χ0) is 13.0. The molecule has 0 aliphatic carbocycles. The molecule has 1 aromatic rings. The van der Waals surface area contributed by atoms with Crippen LogP contribution in [-0.2, 0) is 6.54 Å². The van der Waals surface area contributed by atoms with E-state index in [1.807, 2.05) is 31.1 Å². The molecule has 0 unspecified atom stereocenters. The van der Waals surface area contributed by atoms with Gasteiger partial charge >= 0.3 is 6.03 Å². The third-order valence-corrected chi connectivity index (χ3v) is 3.61. The van der Waals surface area contributed by atoms with Crippen LogP contribution in [0.5, 0.6) is 0 Å². The minimum Gasteiger partial charge on any atom is -0.338 e. The van der Waals surface area contributed by atoms with Crippen LogP contribution in [0.15, 0.2) is 12.4 Å². The van der Waals surface area contributed by atoms with Crippen molar-refractivity contribution in [1.29, 1.82) is 0 Å². The lowest BCUT2D eigenvalue weighted by atomic mass is 9.97. The molecule has 5 heteroatoms. The summed E-state index contributed by atoms with van der Waals surface area (Å²) in [6.45, 7) is 7.44. The fourth-order valence-electron chi connectivity index (χ4n) is 2.46. The molecule has 0 bridgehead atoms. The number of nitrogens with zero attached hydrogens (tertiary/aromatic N) is 3. The zero-order valence-electron chi connectivity index (χ0n) is 11.2. The van der Waals surface area contributed by atoms with E-state index >= 15 is 0 Å². The van der Waals surface area contributed by atoms with Crippen LogP contribution in [0.3, 0.4) is 0 Å². The number of likely N-dealkylation sites (tertiary alicyclic amines) is 1. The summed E-state index contributed by atoms with van der Waals surface area (Å²) in [5.74, 6) is 1.73. The molecule has 0 aromatic carbocycles. The predicted octanol–water partition coefficient (Wildman–Crippen LogP) is 1.63. The molecule has 0 atom stereocenters. The van der Waals surface area contributed by atoms with Gasteiger partial charge in [-0.25, -0.2) is 9.78 Å². The topological polar surface area (TPSA) is 50.2 Å². The van der Waals surface area contributed by atoms with Gasteiger partial charge in [0, 0.05) is 38.6 Å². The number of carbonyl (C=O) groups is 1. The maximum Gasteiger partial charge on any atom is 0.317 e. The van der Waals surface area contributed by atoms with E-state index in [2.05, 4.69) is 14.9 Å². The van der Waals surface area contributed by atoms with Gasteiger partial charge in [0.2, 0.25) is 0 Å². The number of imidazole rings is 1. The Labute approximate surface area is 108 Å². The van der Waals surface area contributed by atoms with E-state index in [1.165, 1.54) is 0 Å². The maximum atomic E-state index is 11.7. The van der Waals surface area contributed by atoms with Gasteiger partial charge in [-0.2, -0.15) is 0 Å². The van der Waals surface area contributed by atoms with Gasteiger partial charge < -0.3 is 14.8 Å². The van der Waals surface area contributed by atoms with Gasteiger partial charge in [-0.3, -0.25) is 0 Å². The van der Waals surface area contributed by atoms with E-state index < -0.39 is 0 Å². The van der Waals surface area contributed by atoms with Crippen LogP contribution >= 0.6 is 0 Å². The molecule has 1 fully saturated rings. The summed E-state index contributed by atoms with van der Waals surface area (Å²) < 4.78 is 2.20. The number of aromatic nitrogens is 2. The van der Waals surface area contributed by atoms with Crippen LogP contribution in [0, 0.1) is 12.8 Å². The van der Waals surface area contributed by atoms with E-state index in [4.69, 9.17) is 0 Å². The molecule has 100 valence electrons. The Bertz CT molecular complexity index is 393. The molecule has 18 heavy (non-hydrogen) atoms. The number of amides is 2. The minimum atomic E-state index is 0.0785. The highest BCUT2D eigenvalue weighted by atomic mass is 16.2. The summed E-state index contributed by atoms with van der Waals surface area (Å²) in [4.78, 5) is 17.8. The van der Waals surface area contributed by atoms with E-state index in [0.717, 1.165) is 38.3 Å². The molecular formula is C13H22N4O. The predicted molar refractivity (Wildman–Crippen MR) is 70.3 cm³/mol. The molecule has 5 nitrogen and oxygen atoms in total. The average Bonchev–Trinajstić information content (AvgIpc) is 2.76. The fraction of sp³-hybridized carbons (Fsp3) is 0.692. The summed E-state index contributed by atoms with van der Waals surface area (Å²) in [7, 11) is 0. The van der Waals surface area contributed by atoms with Crippen molar-refractivity contribution in [3.63, 3.8) is 0 Å². The summed E-state index contributed by atoms with van der Waals surface area (Å²) in [6, 6.07) is 0.0785. The second kappa shape index (κ2) is 5.89. The van der Waals surface area contributed by atoms with Crippen molar-refractivity contribution in [3.8, 4) is 0 Å². The van der Waals surface area contributed by atoms with Gasteiger partial charge in [-0.15, -0.1) is 0 Å². The quantitative estimate of drug-likeness (QED) is 0.886. The largest absolute Gasteiger partial charge is 0.338 e. The van der Waals surface area contributed by atoms with Crippen molar-refractivity contribution in [2.24, 2.45) is 5.92 Å². The van der Waals surface area contributed by atoms with Crippen molar-refractivity contribution in [1.82, 2.24) is 19.8 Å². The number of aryl methyl sites for hydroxylation is 1. The van der Waals surface area contributed by atoms with Crippen LogP contribution in [0.1, 0.15) is 25.6 Å². The molecule has 1 aliphatic heterocycles. The lowest BCUT2D eigenvalue weighted by molar-refractivity contribution is 0.166. The normalized spacial score (nSPS) is 16.9. The lowest BCUT2D eigenvalue weighted by Gasteiger charge is -2.32. The molecule has 0 saturated carbocycles. The number of urea groups is 1. The Morgan fingerprint density at radius 3 is 2.78 bits per heavy atom. The van der Waals surface area contributed by atoms with Gasteiger partial charge in [0.1, 0.15) is 5.82 Å². The molecule has 1 aromatic heterocycles. The van der Waals surface area contributed by atoms with E-state index in [1.54, 1.807) is 0 Å². The molecule has 2 heterocycles. The number of carbonyl (C=O) groups excluding carboxylic acids is 1. The standard InChI is InChI=1S/C13H22N4O/c1-3-14-13(18)16-7-4-12(5-8-16)10-17-9-6-15-11(17)2/h6,9,12H,3-5,7-8,10H2,1-2H3,(H,14,18). The number of rotatable bonds is 3. The summed E-state index contributed by atoms with van der Waals surface area (Å²) >= 11 is 0. The smallest absolute Gasteiger partial charge is 0.317 e. The van der Waals surface area contributed by atoms with Crippen molar-refractivity contribution >= 4 is 6.03 Å². The number of hydrogen-bond donors (Lipinski definition) is 1. The molecule has 2 amide bonds. The zero-order valence-corrected chi connectivity index (χ0v) is 11.2. The molecule has 0 spiro atoms. The van der Waals surface area contributed by atoms with Crippen LogP contribution in [0.2, 0.25) is 0 Å². The molecule has 2 rings (SSSR count). The minimum absolute atomic E-state index is 0.0785.